The minimum absolute atomic E-state index is 0.132. The normalized spacial score (nSPS) is 17.5. The number of carbonyl (C=O) groups excluding carboxylic acids is 1. The quantitative estimate of drug-likeness (QED) is 0.744. The summed E-state index contributed by atoms with van der Waals surface area (Å²) >= 11 is 3.60. The van der Waals surface area contributed by atoms with Crippen LogP contribution in [0.15, 0.2) is 0 Å². The molecule has 0 atom stereocenters. The molecule has 1 aliphatic heterocycles. The van der Waals surface area contributed by atoms with Crippen LogP contribution in [0, 0.1) is 13.8 Å². The Morgan fingerprint density at radius 1 is 1.35 bits per heavy atom. The molecule has 0 aromatic carbocycles. The van der Waals surface area contributed by atoms with Crippen LogP contribution in [0.3, 0.4) is 0 Å². The first-order valence-electron chi connectivity index (χ1n) is 5.94. The fourth-order valence-corrected chi connectivity index (χ4v) is 2.70. The van der Waals surface area contributed by atoms with Crippen LogP contribution >= 0.6 is 15.9 Å². The molecule has 17 heavy (non-hydrogen) atoms. The van der Waals surface area contributed by atoms with Crippen molar-refractivity contribution in [1.82, 2.24) is 14.7 Å². The van der Waals surface area contributed by atoms with Crippen molar-refractivity contribution < 1.29 is 4.79 Å². The van der Waals surface area contributed by atoms with Crippen molar-refractivity contribution in [2.75, 3.05) is 13.1 Å². The Kier molecular flexibility index (Phi) is 3.56. The van der Waals surface area contributed by atoms with Gasteiger partial charge in [0, 0.05) is 30.7 Å². The minimum Gasteiger partial charge on any atom is -0.338 e. The summed E-state index contributed by atoms with van der Waals surface area (Å²) in [5, 5.41) is 4.30. The number of rotatable bonds is 1. The molecule has 0 N–H and O–H groups in total. The van der Waals surface area contributed by atoms with Gasteiger partial charge in [-0.3, -0.25) is 9.48 Å². The molecule has 1 saturated heterocycles. The third-order valence-corrected chi connectivity index (χ3v) is 4.35. The highest BCUT2D eigenvalue weighted by molar-refractivity contribution is 9.09. The molecule has 1 aliphatic rings. The topological polar surface area (TPSA) is 38.1 Å². The van der Waals surface area contributed by atoms with Gasteiger partial charge in [0.05, 0.1) is 11.3 Å². The monoisotopic (exact) mass is 299 g/mol. The smallest absolute Gasteiger partial charge is 0.257 e. The summed E-state index contributed by atoms with van der Waals surface area (Å²) in [4.78, 5) is 14.9. The van der Waals surface area contributed by atoms with Crippen LogP contribution in [-0.4, -0.2) is 38.5 Å². The van der Waals surface area contributed by atoms with Crippen LogP contribution in [0.1, 0.15) is 34.6 Å². The van der Waals surface area contributed by atoms with E-state index >= 15 is 0 Å². The van der Waals surface area contributed by atoms with E-state index in [-0.39, 0.29) is 5.91 Å². The second-order valence-corrected chi connectivity index (χ2v) is 5.93. The van der Waals surface area contributed by atoms with Gasteiger partial charge in [-0.2, -0.15) is 5.10 Å². The first kappa shape index (κ1) is 12.6. The van der Waals surface area contributed by atoms with Gasteiger partial charge >= 0.3 is 0 Å². The lowest BCUT2D eigenvalue weighted by molar-refractivity contribution is 0.0727. The van der Waals surface area contributed by atoms with Gasteiger partial charge in [0.2, 0.25) is 0 Å². The molecule has 1 aromatic rings. The van der Waals surface area contributed by atoms with Crippen molar-refractivity contribution in [2.45, 2.75) is 31.5 Å². The number of nitrogens with zero attached hydrogens (tertiary/aromatic N) is 3. The summed E-state index contributed by atoms with van der Waals surface area (Å²) in [6.45, 7) is 5.52. The zero-order chi connectivity index (χ0) is 12.6. The summed E-state index contributed by atoms with van der Waals surface area (Å²) in [7, 11) is 1.88. The molecule has 0 spiro atoms. The van der Waals surface area contributed by atoms with E-state index in [1.54, 1.807) is 4.68 Å². The number of hydrogen-bond donors (Lipinski definition) is 0. The van der Waals surface area contributed by atoms with Gasteiger partial charge in [-0.05, 0) is 26.7 Å². The molecular weight excluding hydrogens is 282 g/mol. The average molecular weight is 300 g/mol. The van der Waals surface area contributed by atoms with Crippen molar-refractivity contribution >= 4 is 21.8 Å². The lowest BCUT2D eigenvalue weighted by Crippen LogP contribution is -2.39. The Labute approximate surface area is 110 Å². The zero-order valence-electron chi connectivity index (χ0n) is 10.5. The SMILES string of the molecule is Cc1nn(C)c(C)c1C(=O)N1CCC(Br)CC1. The number of hydrogen-bond acceptors (Lipinski definition) is 2. The summed E-state index contributed by atoms with van der Waals surface area (Å²) in [6, 6.07) is 0. The van der Waals surface area contributed by atoms with Gasteiger partial charge in [0.1, 0.15) is 0 Å². The van der Waals surface area contributed by atoms with E-state index in [9.17, 15) is 4.79 Å². The number of halogens is 1. The zero-order valence-corrected chi connectivity index (χ0v) is 12.1. The van der Waals surface area contributed by atoms with Gasteiger partial charge in [-0.25, -0.2) is 0 Å². The molecule has 0 unspecified atom stereocenters. The summed E-state index contributed by atoms with van der Waals surface area (Å²) in [5.41, 5.74) is 2.56. The van der Waals surface area contributed by atoms with E-state index < -0.39 is 0 Å². The van der Waals surface area contributed by atoms with Gasteiger partial charge in [0.15, 0.2) is 0 Å². The largest absolute Gasteiger partial charge is 0.338 e. The lowest BCUT2D eigenvalue weighted by atomic mass is 10.1. The molecule has 2 heterocycles. The van der Waals surface area contributed by atoms with Crippen LogP contribution < -0.4 is 0 Å². The number of likely N-dealkylation sites (tertiary alicyclic amines) is 1. The predicted octanol–water partition coefficient (Wildman–Crippen LogP) is 2.04. The van der Waals surface area contributed by atoms with Crippen molar-refractivity contribution in [3.05, 3.63) is 17.0 Å². The lowest BCUT2D eigenvalue weighted by Gasteiger charge is -2.29. The van der Waals surface area contributed by atoms with E-state index in [1.165, 1.54) is 0 Å². The van der Waals surface area contributed by atoms with Gasteiger partial charge in [0.25, 0.3) is 5.91 Å². The van der Waals surface area contributed by atoms with E-state index in [2.05, 4.69) is 21.0 Å². The second-order valence-electron chi connectivity index (χ2n) is 4.64. The molecule has 1 aromatic heterocycles. The maximum Gasteiger partial charge on any atom is 0.257 e. The van der Waals surface area contributed by atoms with Crippen molar-refractivity contribution in [2.24, 2.45) is 7.05 Å². The van der Waals surface area contributed by atoms with Gasteiger partial charge in [-0.15, -0.1) is 0 Å². The van der Waals surface area contributed by atoms with Gasteiger partial charge < -0.3 is 4.90 Å². The van der Waals surface area contributed by atoms with Crippen LogP contribution in [0.4, 0.5) is 0 Å². The van der Waals surface area contributed by atoms with Crippen molar-refractivity contribution in [3.8, 4) is 0 Å². The Balaban J connectivity index is 2.20. The average Bonchev–Trinajstić information content (AvgIpc) is 2.53. The first-order valence-corrected chi connectivity index (χ1v) is 6.86. The molecule has 1 fully saturated rings. The predicted molar refractivity (Wildman–Crippen MR) is 70.5 cm³/mol. The molecule has 5 heteroatoms. The summed E-state index contributed by atoms with van der Waals surface area (Å²) in [6.07, 6.45) is 2.06. The van der Waals surface area contributed by atoms with Crippen LogP contribution in [0.25, 0.3) is 0 Å². The van der Waals surface area contributed by atoms with E-state index in [0.717, 1.165) is 42.9 Å². The maximum absolute atomic E-state index is 12.4. The summed E-state index contributed by atoms with van der Waals surface area (Å²) in [5.74, 6) is 0.132. The van der Waals surface area contributed by atoms with Crippen molar-refractivity contribution in [1.29, 1.82) is 0 Å². The minimum atomic E-state index is 0.132. The van der Waals surface area contributed by atoms with Crippen LogP contribution in [0.5, 0.6) is 0 Å². The molecule has 0 aliphatic carbocycles. The van der Waals surface area contributed by atoms with Gasteiger partial charge in [-0.1, -0.05) is 15.9 Å². The fourth-order valence-electron chi connectivity index (χ4n) is 2.29. The first-order chi connectivity index (χ1) is 8.00. The third kappa shape index (κ3) is 2.39. The Morgan fingerprint density at radius 3 is 2.41 bits per heavy atom. The third-order valence-electron chi connectivity index (χ3n) is 3.43. The number of carbonyl (C=O) groups is 1. The maximum atomic E-state index is 12.4. The van der Waals surface area contributed by atoms with E-state index in [4.69, 9.17) is 0 Å². The number of alkyl halides is 1. The van der Waals surface area contributed by atoms with E-state index in [0.29, 0.717) is 4.83 Å². The highest BCUT2D eigenvalue weighted by Gasteiger charge is 2.26. The molecule has 0 saturated carbocycles. The number of aryl methyl sites for hydroxylation is 2. The molecule has 2 rings (SSSR count). The number of piperidine rings is 1. The van der Waals surface area contributed by atoms with Crippen molar-refractivity contribution in [3.63, 3.8) is 0 Å². The molecule has 1 amide bonds. The molecule has 0 bridgehead atoms. The summed E-state index contributed by atoms with van der Waals surface area (Å²) < 4.78 is 1.78. The Bertz CT molecular complexity index is 433. The highest BCUT2D eigenvalue weighted by Crippen LogP contribution is 2.21. The highest BCUT2D eigenvalue weighted by atomic mass is 79.9. The van der Waals surface area contributed by atoms with E-state index in [1.807, 2.05) is 25.8 Å². The molecule has 0 radical (unpaired) electrons. The molecule has 4 nitrogen and oxygen atoms in total. The standard InChI is InChI=1S/C12H18BrN3O/c1-8-11(9(2)15(3)14-8)12(17)16-6-4-10(13)5-7-16/h10H,4-7H2,1-3H3. The number of aromatic nitrogens is 2. The Hall–Kier alpha value is -0.840. The Morgan fingerprint density at radius 2 is 1.94 bits per heavy atom. The second kappa shape index (κ2) is 4.80. The molecular formula is C12H18BrN3O. The van der Waals surface area contributed by atoms with Crippen LogP contribution in [0.2, 0.25) is 0 Å². The van der Waals surface area contributed by atoms with Crippen LogP contribution in [-0.2, 0) is 7.05 Å². The molecule has 94 valence electrons. The number of amides is 1. The fraction of sp³-hybridized carbons (Fsp3) is 0.667.